The number of nitrogens with zero attached hydrogens (tertiary/aromatic N) is 2. The van der Waals surface area contributed by atoms with Gasteiger partial charge in [-0.1, -0.05) is 36.4 Å². The van der Waals surface area contributed by atoms with Crippen LogP contribution >= 0.6 is 24.8 Å². The number of aryl methyl sites for hydroxylation is 1. The molecule has 0 aliphatic carbocycles. The topological polar surface area (TPSA) is 50.1 Å². The van der Waals surface area contributed by atoms with Crippen molar-refractivity contribution in [3.8, 4) is 0 Å². The van der Waals surface area contributed by atoms with Gasteiger partial charge in [-0.2, -0.15) is 0 Å². The zero-order valence-corrected chi connectivity index (χ0v) is 16.1. The van der Waals surface area contributed by atoms with Gasteiger partial charge in [0.2, 0.25) is 0 Å². The highest BCUT2D eigenvalue weighted by Gasteiger charge is 2.23. The molecule has 0 saturated heterocycles. The van der Waals surface area contributed by atoms with Gasteiger partial charge in [-0.25, -0.2) is 4.98 Å². The lowest BCUT2D eigenvalue weighted by molar-refractivity contribution is 0.0880. The number of halogens is 2. The fraction of sp³-hybridized carbons (Fsp3) is 0.316. The summed E-state index contributed by atoms with van der Waals surface area (Å²) in [7, 11) is 0. The smallest absolute Gasteiger partial charge is 0.107 e. The number of aromatic nitrogens is 2. The van der Waals surface area contributed by atoms with E-state index in [9.17, 15) is 5.11 Å². The SMILES string of the molecule is CC(C)(NC(O)CCn1ccnc1)c1ccc2ccccc2c1.Cl.Cl. The van der Waals surface area contributed by atoms with Crippen LogP contribution in [0.3, 0.4) is 0 Å². The first kappa shape index (κ1) is 21.5. The van der Waals surface area contributed by atoms with Gasteiger partial charge in [-0.3, -0.25) is 5.32 Å². The van der Waals surface area contributed by atoms with Gasteiger partial charge in [0.05, 0.1) is 6.33 Å². The van der Waals surface area contributed by atoms with Gasteiger partial charge >= 0.3 is 0 Å². The maximum absolute atomic E-state index is 10.3. The Labute approximate surface area is 161 Å². The maximum Gasteiger partial charge on any atom is 0.107 e. The van der Waals surface area contributed by atoms with Crippen LogP contribution in [0.5, 0.6) is 0 Å². The van der Waals surface area contributed by atoms with Crippen molar-refractivity contribution in [1.82, 2.24) is 14.9 Å². The Morgan fingerprint density at radius 3 is 2.52 bits per heavy atom. The van der Waals surface area contributed by atoms with Crippen molar-refractivity contribution < 1.29 is 5.11 Å². The van der Waals surface area contributed by atoms with Crippen molar-refractivity contribution in [2.45, 2.75) is 38.6 Å². The number of hydrogen-bond donors (Lipinski definition) is 2. The summed E-state index contributed by atoms with van der Waals surface area (Å²) in [5.41, 5.74) is 0.858. The van der Waals surface area contributed by atoms with Crippen LogP contribution in [0.2, 0.25) is 0 Å². The molecule has 1 unspecified atom stereocenters. The molecule has 0 aliphatic rings. The van der Waals surface area contributed by atoms with E-state index in [1.165, 1.54) is 10.8 Å². The highest BCUT2D eigenvalue weighted by atomic mass is 35.5. The molecule has 0 aliphatic heterocycles. The number of fused-ring (bicyclic) bond motifs is 1. The second-order valence-electron chi connectivity index (χ2n) is 6.44. The van der Waals surface area contributed by atoms with Crippen LogP contribution < -0.4 is 5.32 Å². The first-order valence-corrected chi connectivity index (χ1v) is 7.95. The molecule has 3 rings (SSSR count). The van der Waals surface area contributed by atoms with Crippen LogP contribution in [0, 0.1) is 0 Å². The number of aliphatic hydroxyl groups excluding tert-OH is 1. The number of benzene rings is 2. The van der Waals surface area contributed by atoms with E-state index in [2.05, 4.69) is 54.5 Å². The average Bonchev–Trinajstić information content (AvgIpc) is 3.05. The van der Waals surface area contributed by atoms with E-state index < -0.39 is 6.23 Å². The third-order valence-electron chi connectivity index (χ3n) is 4.22. The standard InChI is InChI=1S/C19H23N3O.2ClH/c1-19(2,21-18(23)9-11-22-12-10-20-14-22)17-8-7-15-5-3-4-6-16(15)13-17;;/h3-8,10,12-14,18,21,23H,9,11H2,1-2H3;2*1H. The molecule has 0 bridgehead atoms. The maximum atomic E-state index is 10.3. The van der Waals surface area contributed by atoms with Gasteiger partial charge < -0.3 is 9.67 Å². The molecule has 2 N–H and O–H groups in total. The Morgan fingerprint density at radius 1 is 1.12 bits per heavy atom. The largest absolute Gasteiger partial charge is 0.379 e. The first-order valence-electron chi connectivity index (χ1n) is 7.95. The number of nitrogens with one attached hydrogen (secondary N) is 1. The van der Waals surface area contributed by atoms with Gasteiger partial charge in [0.25, 0.3) is 0 Å². The summed E-state index contributed by atoms with van der Waals surface area (Å²) < 4.78 is 1.97. The Balaban J connectivity index is 0.00000156. The molecular weight excluding hydrogens is 357 g/mol. The van der Waals surface area contributed by atoms with Crippen molar-refractivity contribution in [3.05, 3.63) is 66.7 Å². The molecule has 1 aromatic heterocycles. The van der Waals surface area contributed by atoms with Gasteiger partial charge in [-0.05, 0) is 36.2 Å². The van der Waals surface area contributed by atoms with E-state index >= 15 is 0 Å². The van der Waals surface area contributed by atoms with Crippen LogP contribution in [-0.2, 0) is 12.1 Å². The highest BCUT2D eigenvalue weighted by Crippen LogP contribution is 2.25. The van der Waals surface area contributed by atoms with Crippen molar-refractivity contribution in [2.75, 3.05) is 0 Å². The van der Waals surface area contributed by atoms with E-state index in [1.807, 2.05) is 22.9 Å². The molecule has 6 heteroatoms. The van der Waals surface area contributed by atoms with Crippen molar-refractivity contribution in [2.24, 2.45) is 0 Å². The fourth-order valence-electron chi connectivity index (χ4n) is 2.84. The van der Waals surface area contributed by atoms with Crippen LogP contribution in [0.15, 0.2) is 61.2 Å². The minimum absolute atomic E-state index is 0. The van der Waals surface area contributed by atoms with E-state index in [4.69, 9.17) is 0 Å². The Kier molecular flexibility index (Phi) is 7.90. The van der Waals surface area contributed by atoms with E-state index in [-0.39, 0.29) is 30.4 Å². The summed E-state index contributed by atoms with van der Waals surface area (Å²) in [6.07, 6.45) is 5.48. The molecule has 0 saturated carbocycles. The van der Waals surface area contributed by atoms with Gasteiger partial charge in [-0.15, -0.1) is 24.8 Å². The van der Waals surface area contributed by atoms with Crippen LogP contribution in [0.4, 0.5) is 0 Å². The summed E-state index contributed by atoms with van der Waals surface area (Å²) >= 11 is 0. The van der Waals surface area contributed by atoms with Crippen molar-refractivity contribution >= 4 is 35.6 Å². The Morgan fingerprint density at radius 2 is 1.84 bits per heavy atom. The molecule has 2 aromatic carbocycles. The zero-order valence-electron chi connectivity index (χ0n) is 14.4. The van der Waals surface area contributed by atoms with E-state index in [0.29, 0.717) is 6.42 Å². The number of rotatable bonds is 6. The van der Waals surface area contributed by atoms with Crippen molar-refractivity contribution in [1.29, 1.82) is 0 Å². The molecule has 0 amide bonds. The Bertz CT molecular complexity index is 775. The van der Waals surface area contributed by atoms with Crippen LogP contribution in [-0.4, -0.2) is 20.9 Å². The molecule has 136 valence electrons. The molecule has 4 nitrogen and oxygen atoms in total. The van der Waals surface area contributed by atoms with Gasteiger partial charge in [0.15, 0.2) is 0 Å². The molecule has 1 atom stereocenters. The number of aliphatic hydroxyl groups is 1. The Hall–Kier alpha value is -1.59. The minimum atomic E-state index is -0.570. The summed E-state index contributed by atoms with van der Waals surface area (Å²) in [4.78, 5) is 4.01. The van der Waals surface area contributed by atoms with Crippen LogP contribution in [0.1, 0.15) is 25.8 Å². The monoisotopic (exact) mass is 381 g/mol. The third kappa shape index (κ3) is 5.44. The van der Waals surface area contributed by atoms with Gasteiger partial charge in [0.1, 0.15) is 6.23 Å². The summed E-state index contributed by atoms with van der Waals surface area (Å²) in [6.45, 7) is 4.93. The molecule has 0 fully saturated rings. The molecule has 3 aromatic rings. The lowest BCUT2D eigenvalue weighted by Gasteiger charge is -2.30. The minimum Gasteiger partial charge on any atom is -0.379 e. The number of imidazole rings is 1. The predicted octanol–water partition coefficient (Wildman–Crippen LogP) is 4.11. The van der Waals surface area contributed by atoms with Gasteiger partial charge in [0, 0.05) is 30.9 Å². The second kappa shape index (κ2) is 9.20. The summed E-state index contributed by atoms with van der Waals surface area (Å²) in [5.74, 6) is 0. The second-order valence-corrected chi connectivity index (χ2v) is 6.44. The quantitative estimate of drug-likeness (QED) is 0.631. The average molecular weight is 382 g/mol. The molecule has 0 radical (unpaired) electrons. The third-order valence-corrected chi connectivity index (χ3v) is 4.22. The highest BCUT2D eigenvalue weighted by molar-refractivity contribution is 5.85. The molecular formula is C19H25Cl2N3O. The molecule has 1 heterocycles. The summed E-state index contributed by atoms with van der Waals surface area (Å²) in [6, 6.07) is 14.8. The zero-order chi connectivity index (χ0) is 16.3. The first-order chi connectivity index (χ1) is 11.0. The molecule has 0 spiro atoms. The van der Waals surface area contributed by atoms with E-state index in [1.54, 1.807) is 12.5 Å². The lowest BCUT2D eigenvalue weighted by Crippen LogP contribution is -2.44. The summed E-state index contributed by atoms with van der Waals surface area (Å²) in [5, 5.41) is 16.1. The van der Waals surface area contributed by atoms with Crippen molar-refractivity contribution in [3.63, 3.8) is 0 Å². The van der Waals surface area contributed by atoms with E-state index in [0.717, 1.165) is 12.1 Å². The van der Waals surface area contributed by atoms with Crippen LogP contribution in [0.25, 0.3) is 10.8 Å². The molecule has 25 heavy (non-hydrogen) atoms. The normalized spacial score (nSPS) is 12.3. The number of hydrogen-bond acceptors (Lipinski definition) is 3. The fourth-order valence-corrected chi connectivity index (χ4v) is 2.84. The lowest BCUT2D eigenvalue weighted by atomic mass is 9.92. The predicted molar refractivity (Wildman–Crippen MR) is 107 cm³/mol.